The van der Waals surface area contributed by atoms with Crippen LogP contribution in [0.15, 0.2) is 97.1 Å². The molecule has 0 fully saturated rings. The number of hydrogen-bond acceptors (Lipinski definition) is 4. The lowest BCUT2D eigenvalue weighted by atomic mass is 9.86. The van der Waals surface area contributed by atoms with Crippen LogP contribution in [0, 0.1) is 0 Å². The van der Waals surface area contributed by atoms with Gasteiger partial charge in [-0.1, -0.05) is 72.8 Å². The molecule has 0 unspecified atom stereocenters. The first-order chi connectivity index (χ1) is 16.8. The standard InChI is InChI=1S/C30H26O4/c31-15-17-33-23-11-13-25-27(19-23)30(22-9-5-2-6-10-22)28-20-24(34-18-16-32)12-14-26(28)29(25)21-7-3-1-4-8-21/h1-14,19-20,31-32H,15-18H2. The smallest absolute Gasteiger partial charge is 0.120 e. The van der Waals surface area contributed by atoms with E-state index in [9.17, 15) is 10.2 Å². The number of hydrogen-bond donors (Lipinski definition) is 2. The zero-order valence-corrected chi connectivity index (χ0v) is 18.8. The number of fused-ring (bicyclic) bond motifs is 2. The molecule has 0 aromatic heterocycles. The van der Waals surface area contributed by atoms with Gasteiger partial charge in [0.05, 0.1) is 13.2 Å². The normalized spacial score (nSPS) is 11.1. The molecule has 0 aliphatic carbocycles. The molecular weight excluding hydrogens is 424 g/mol. The first kappa shape index (κ1) is 22.0. The summed E-state index contributed by atoms with van der Waals surface area (Å²) in [5.74, 6) is 1.43. The van der Waals surface area contributed by atoms with Crippen LogP contribution in [0.4, 0.5) is 0 Å². The van der Waals surface area contributed by atoms with Crippen molar-refractivity contribution in [3.05, 3.63) is 97.1 Å². The molecule has 4 heteroatoms. The summed E-state index contributed by atoms with van der Waals surface area (Å²) in [6, 6.07) is 32.9. The minimum Gasteiger partial charge on any atom is -0.491 e. The van der Waals surface area contributed by atoms with Crippen molar-refractivity contribution < 1.29 is 19.7 Å². The van der Waals surface area contributed by atoms with Crippen molar-refractivity contribution in [2.24, 2.45) is 0 Å². The maximum Gasteiger partial charge on any atom is 0.120 e. The van der Waals surface area contributed by atoms with Crippen molar-refractivity contribution in [2.45, 2.75) is 0 Å². The average Bonchev–Trinajstić information content (AvgIpc) is 2.90. The Kier molecular flexibility index (Phi) is 6.43. The van der Waals surface area contributed by atoms with E-state index in [2.05, 4.69) is 60.7 Å². The van der Waals surface area contributed by atoms with Gasteiger partial charge in [0.2, 0.25) is 0 Å². The molecule has 0 aliphatic rings. The van der Waals surface area contributed by atoms with Crippen molar-refractivity contribution in [2.75, 3.05) is 26.4 Å². The van der Waals surface area contributed by atoms with Gasteiger partial charge in [0.25, 0.3) is 0 Å². The topological polar surface area (TPSA) is 58.9 Å². The van der Waals surface area contributed by atoms with Crippen LogP contribution < -0.4 is 9.47 Å². The van der Waals surface area contributed by atoms with Gasteiger partial charge < -0.3 is 19.7 Å². The molecule has 0 radical (unpaired) electrons. The summed E-state index contributed by atoms with van der Waals surface area (Å²) in [6.07, 6.45) is 0. The summed E-state index contributed by atoms with van der Waals surface area (Å²) in [6.45, 7) is 0.402. The fourth-order valence-electron chi connectivity index (χ4n) is 4.52. The van der Waals surface area contributed by atoms with Crippen molar-refractivity contribution in [3.63, 3.8) is 0 Å². The van der Waals surface area contributed by atoms with E-state index in [0.29, 0.717) is 11.5 Å². The predicted molar refractivity (Wildman–Crippen MR) is 137 cm³/mol. The van der Waals surface area contributed by atoms with Crippen LogP contribution in [0.2, 0.25) is 0 Å². The molecule has 0 saturated carbocycles. The SMILES string of the molecule is OCCOc1ccc2c(-c3ccccc3)c3ccc(OCCO)cc3c(-c3ccccc3)c2c1. The van der Waals surface area contributed by atoms with Crippen molar-refractivity contribution in [1.82, 2.24) is 0 Å². The Bertz CT molecular complexity index is 1340. The predicted octanol–water partition coefficient (Wildman–Crippen LogP) is 6.07. The molecule has 5 aromatic carbocycles. The molecular formula is C30H26O4. The van der Waals surface area contributed by atoms with E-state index in [1.54, 1.807) is 0 Å². The molecule has 0 heterocycles. The van der Waals surface area contributed by atoms with Crippen LogP contribution in [-0.2, 0) is 0 Å². The van der Waals surface area contributed by atoms with E-state index in [4.69, 9.17) is 9.47 Å². The summed E-state index contributed by atoms with van der Waals surface area (Å²) in [5, 5.41) is 22.9. The molecule has 0 saturated heterocycles. The Labute approximate surface area is 198 Å². The zero-order valence-electron chi connectivity index (χ0n) is 18.8. The first-order valence-corrected chi connectivity index (χ1v) is 11.4. The van der Waals surface area contributed by atoms with Crippen LogP contribution in [0.25, 0.3) is 43.8 Å². The highest BCUT2D eigenvalue weighted by Gasteiger charge is 2.18. The van der Waals surface area contributed by atoms with Crippen LogP contribution in [-0.4, -0.2) is 36.6 Å². The van der Waals surface area contributed by atoms with E-state index in [0.717, 1.165) is 43.8 Å². The van der Waals surface area contributed by atoms with Gasteiger partial charge >= 0.3 is 0 Å². The van der Waals surface area contributed by atoms with E-state index >= 15 is 0 Å². The Balaban J connectivity index is 1.90. The summed E-state index contributed by atoms with van der Waals surface area (Å²) in [5.41, 5.74) is 4.46. The summed E-state index contributed by atoms with van der Waals surface area (Å²) < 4.78 is 11.6. The molecule has 0 bridgehead atoms. The number of ether oxygens (including phenoxy) is 2. The second-order valence-corrected chi connectivity index (χ2v) is 8.04. The van der Waals surface area contributed by atoms with Gasteiger partial charge in [-0.15, -0.1) is 0 Å². The minimum absolute atomic E-state index is 0.0396. The lowest BCUT2D eigenvalue weighted by molar-refractivity contribution is 0.201. The van der Waals surface area contributed by atoms with Crippen LogP contribution in [0.3, 0.4) is 0 Å². The van der Waals surface area contributed by atoms with Crippen LogP contribution in [0.1, 0.15) is 0 Å². The third-order valence-corrected chi connectivity index (χ3v) is 5.90. The first-order valence-electron chi connectivity index (χ1n) is 11.4. The minimum atomic E-state index is -0.0396. The molecule has 0 spiro atoms. The quantitative estimate of drug-likeness (QED) is 0.282. The van der Waals surface area contributed by atoms with E-state index in [-0.39, 0.29) is 26.4 Å². The van der Waals surface area contributed by atoms with Crippen molar-refractivity contribution in [3.8, 4) is 33.8 Å². The molecule has 0 atom stereocenters. The highest BCUT2D eigenvalue weighted by molar-refractivity contribution is 6.21. The van der Waals surface area contributed by atoms with E-state index in [1.807, 2.05) is 36.4 Å². The van der Waals surface area contributed by atoms with Gasteiger partial charge in [0, 0.05) is 0 Å². The number of benzene rings is 5. The van der Waals surface area contributed by atoms with Crippen LogP contribution in [0.5, 0.6) is 11.5 Å². The molecule has 0 amide bonds. The Morgan fingerprint density at radius 1 is 0.471 bits per heavy atom. The number of aliphatic hydroxyl groups excluding tert-OH is 2. The second-order valence-electron chi connectivity index (χ2n) is 8.04. The highest BCUT2D eigenvalue weighted by atomic mass is 16.5. The highest BCUT2D eigenvalue weighted by Crippen LogP contribution is 2.45. The average molecular weight is 451 g/mol. The van der Waals surface area contributed by atoms with Gasteiger partial charge in [0.1, 0.15) is 24.7 Å². The molecule has 5 rings (SSSR count). The third-order valence-electron chi connectivity index (χ3n) is 5.90. The lowest BCUT2D eigenvalue weighted by Crippen LogP contribution is -2.02. The number of rotatable bonds is 8. The Morgan fingerprint density at radius 2 is 0.882 bits per heavy atom. The fourth-order valence-corrected chi connectivity index (χ4v) is 4.52. The molecule has 0 aliphatic heterocycles. The van der Waals surface area contributed by atoms with Crippen molar-refractivity contribution >= 4 is 21.5 Å². The zero-order chi connectivity index (χ0) is 23.3. The summed E-state index contributed by atoms with van der Waals surface area (Å²) in [7, 11) is 0. The molecule has 34 heavy (non-hydrogen) atoms. The van der Waals surface area contributed by atoms with Gasteiger partial charge in [-0.3, -0.25) is 0 Å². The van der Waals surface area contributed by atoms with Crippen LogP contribution >= 0.6 is 0 Å². The van der Waals surface area contributed by atoms with E-state index < -0.39 is 0 Å². The Morgan fingerprint density at radius 3 is 1.29 bits per heavy atom. The molecule has 170 valence electrons. The van der Waals surface area contributed by atoms with Gasteiger partial charge in [0.15, 0.2) is 0 Å². The monoisotopic (exact) mass is 450 g/mol. The maximum absolute atomic E-state index is 9.25. The van der Waals surface area contributed by atoms with Gasteiger partial charge in [-0.05, 0) is 68.1 Å². The van der Waals surface area contributed by atoms with Gasteiger partial charge in [-0.25, -0.2) is 0 Å². The lowest BCUT2D eigenvalue weighted by Gasteiger charge is -2.19. The molecule has 4 nitrogen and oxygen atoms in total. The van der Waals surface area contributed by atoms with Crippen molar-refractivity contribution in [1.29, 1.82) is 0 Å². The second kappa shape index (κ2) is 9.96. The number of aliphatic hydroxyl groups is 2. The van der Waals surface area contributed by atoms with Gasteiger partial charge in [-0.2, -0.15) is 0 Å². The third kappa shape index (κ3) is 4.21. The largest absolute Gasteiger partial charge is 0.491 e. The fraction of sp³-hybridized carbons (Fsp3) is 0.133. The Hall–Kier alpha value is -3.86. The summed E-state index contributed by atoms with van der Waals surface area (Å²) in [4.78, 5) is 0. The molecule has 5 aromatic rings. The van der Waals surface area contributed by atoms with E-state index in [1.165, 1.54) is 0 Å². The summed E-state index contributed by atoms with van der Waals surface area (Å²) >= 11 is 0. The molecule has 2 N–H and O–H groups in total. The maximum atomic E-state index is 9.25.